The average molecular weight is 378 g/mol. The van der Waals surface area contributed by atoms with E-state index in [-0.39, 0.29) is 5.76 Å². The van der Waals surface area contributed by atoms with Gasteiger partial charge in [0.05, 0.1) is 5.02 Å². The molecule has 2 rings (SSSR count). The lowest BCUT2D eigenvalue weighted by molar-refractivity contribution is 0.110. The third-order valence-electron chi connectivity index (χ3n) is 2.33. The van der Waals surface area contributed by atoms with Crippen LogP contribution in [0.2, 0.25) is 5.02 Å². The monoisotopic (exact) mass is 376 g/mol. The van der Waals surface area contributed by atoms with Gasteiger partial charge in [0.15, 0.2) is 12.0 Å². The zero-order valence-corrected chi connectivity index (χ0v) is 12.7. The number of rotatable bonds is 2. The second kappa shape index (κ2) is 4.96. The molecule has 0 unspecified atom stereocenters. The van der Waals surface area contributed by atoms with Crippen LogP contribution in [0.5, 0.6) is 0 Å². The van der Waals surface area contributed by atoms with Crippen LogP contribution >= 0.6 is 43.5 Å². The van der Waals surface area contributed by atoms with E-state index in [2.05, 4.69) is 31.9 Å². The molecule has 0 radical (unpaired) electrons. The van der Waals surface area contributed by atoms with E-state index in [1.165, 1.54) is 0 Å². The highest BCUT2D eigenvalue weighted by Crippen LogP contribution is 2.41. The van der Waals surface area contributed by atoms with E-state index in [1.54, 1.807) is 12.1 Å². The highest BCUT2D eigenvalue weighted by atomic mass is 79.9. The summed E-state index contributed by atoms with van der Waals surface area (Å²) < 4.78 is 7.00. The molecule has 0 spiro atoms. The summed E-state index contributed by atoms with van der Waals surface area (Å²) in [5, 5.41) is 0.632. The molecule has 2 nitrogen and oxygen atoms in total. The molecule has 1 heterocycles. The van der Waals surface area contributed by atoms with Gasteiger partial charge in [-0.1, -0.05) is 11.6 Å². The fourth-order valence-corrected chi connectivity index (χ4v) is 3.36. The SMILES string of the molecule is Cc1cc(Br)c(-c2ccc(C=O)o2)c(Br)c1Cl. The Bertz CT molecular complexity index is 590. The smallest absolute Gasteiger partial charge is 0.185 e. The van der Waals surface area contributed by atoms with Gasteiger partial charge in [-0.05, 0) is 62.5 Å². The topological polar surface area (TPSA) is 30.2 Å². The van der Waals surface area contributed by atoms with Crippen LogP contribution in [0.4, 0.5) is 0 Å². The third kappa shape index (κ3) is 2.34. The zero-order valence-electron chi connectivity index (χ0n) is 8.76. The molecule has 5 heteroatoms. The molecular formula is C12H7Br2ClO2. The van der Waals surface area contributed by atoms with E-state index in [0.717, 1.165) is 20.1 Å². The molecule has 0 aliphatic carbocycles. The third-order valence-corrected chi connectivity index (χ3v) is 4.46. The van der Waals surface area contributed by atoms with E-state index in [0.29, 0.717) is 17.1 Å². The van der Waals surface area contributed by atoms with E-state index in [4.69, 9.17) is 16.0 Å². The number of benzene rings is 1. The Kier molecular flexibility index (Phi) is 3.76. The first-order chi connectivity index (χ1) is 8.04. The first-order valence-electron chi connectivity index (χ1n) is 4.74. The minimum absolute atomic E-state index is 0.287. The Labute approximate surface area is 120 Å². The summed E-state index contributed by atoms with van der Waals surface area (Å²) in [6, 6.07) is 5.26. The van der Waals surface area contributed by atoms with Crippen LogP contribution in [0.1, 0.15) is 16.1 Å². The molecule has 0 saturated heterocycles. The van der Waals surface area contributed by atoms with Crippen molar-refractivity contribution in [3.05, 3.63) is 43.5 Å². The van der Waals surface area contributed by atoms with Gasteiger partial charge in [0.1, 0.15) is 5.76 Å². The normalized spacial score (nSPS) is 10.6. The quantitative estimate of drug-likeness (QED) is 0.528. The number of furan rings is 1. The van der Waals surface area contributed by atoms with Crippen molar-refractivity contribution in [1.82, 2.24) is 0 Å². The van der Waals surface area contributed by atoms with E-state index < -0.39 is 0 Å². The number of halogens is 3. The minimum atomic E-state index is 0.287. The number of hydrogen-bond acceptors (Lipinski definition) is 2. The number of carbonyl (C=O) groups excluding carboxylic acids is 1. The zero-order chi connectivity index (χ0) is 12.6. The molecule has 0 atom stereocenters. The van der Waals surface area contributed by atoms with Gasteiger partial charge in [0.25, 0.3) is 0 Å². The van der Waals surface area contributed by atoms with E-state index in [1.807, 2.05) is 13.0 Å². The lowest BCUT2D eigenvalue weighted by Crippen LogP contribution is -1.85. The lowest BCUT2D eigenvalue weighted by Gasteiger charge is -2.09. The summed E-state index contributed by atoms with van der Waals surface area (Å²) in [6.07, 6.45) is 0.668. The van der Waals surface area contributed by atoms with Gasteiger partial charge in [-0.25, -0.2) is 0 Å². The van der Waals surface area contributed by atoms with Crippen molar-refractivity contribution >= 4 is 49.7 Å². The van der Waals surface area contributed by atoms with Crippen LogP contribution in [0.15, 0.2) is 31.6 Å². The van der Waals surface area contributed by atoms with Crippen LogP contribution in [-0.4, -0.2) is 6.29 Å². The molecule has 0 N–H and O–H groups in total. The Balaban J connectivity index is 2.66. The molecule has 1 aromatic heterocycles. The molecule has 1 aromatic carbocycles. The maximum absolute atomic E-state index is 10.6. The van der Waals surface area contributed by atoms with Crippen molar-refractivity contribution in [3.8, 4) is 11.3 Å². The largest absolute Gasteiger partial charge is 0.453 e. The van der Waals surface area contributed by atoms with Crippen molar-refractivity contribution in [2.24, 2.45) is 0 Å². The first kappa shape index (κ1) is 12.9. The molecule has 88 valence electrons. The predicted octanol–water partition coefficient (Wildman–Crippen LogP) is 5.25. The number of carbonyl (C=O) groups is 1. The number of hydrogen-bond donors (Lipinski definition) is 0. The van der Waals surface area contributed by atoms with Crippen molar-refractivity contribution in [2.45, 2.75) is 6.92 Å². The fraction of sp³-hybridized carbons (Fsp3) is 0.0833. The molecule has 0 aliphatic rings. The highest BCUT2D eigenvalue weighted by Gasteiger charge is 2.16. The van der Waals surface area contributed by atoms with Gasteiger partial charge < -0.3 is 4.42 Å². The minimum Gasteiger partial charge on any atom is -0.453 e. The second-order valence-corrected chi connectivity index (χ2v) is 5.52. The Morgan fingerprint density at radius 2 is 2.06 bits per heavy atom. The molecule has 0 amide bonds. The predicted molar refractivity (Wildman–Crippen MR) is 74.7 cm³/mol. The molecular weight excluding hydrogens is 371 g/mol. The molecule has 0 aliphatic heterocycles. The van der Waals surface area contributed by atoms with Crippen LogP contribution in [0, 0.1) is 6.92 Å². The van der Waals surface area contributed by atoms with Gasteiger partial charge in [-0.3, -0.25) is 4.79 Å². The van der Waals surface area contributed by atoms with Gasteiger partial charge >= 0.3 is 0 Å². The Morgan fingerprint density at radius 3 is 2.65 bits per heavy atom. The van der Waals surface area contributed by atoms with Crippen LogP contribution in [0.3, 0.4) is 0 Å². The highest BCUT2D eigenvalue weighted by molar-refractivity contribution is 9.11. The number of aryl methyl sites for hydroxylation is 1. The number of aldehydes is 1. The standard InChI is InChI=1S/C12H7Br2ClO2/c1-6-4-8(13)10(11(14)12(6)15)9-3-2-7(5-16)17-9/h2-5H,1H3. The summed E-state index contributed by atoms with van der Waals surface area (Å²) in [4.78, 5) is 10.6. The fourth-order valence-electron chi connectivity index (χ4n) is 1.49. The van der Waals surface area contributed by atoms with Gasteiger partial charge in [-0.15, -0.1) is 0 Å². The van der Waals surface area contributed by atoms with E-state index in [9.17, 15) is 4.79 Å². The Hall–Kier alpha value is -0.580. The maximum atomic E-state index is 10.6. The molecule has 0 bridgehead atoms. The second-order valence-electron chi connectivity index (χ2n) is 3.50. The van der Waals surface area contributed by atoms with E-state index >= 15 is 0 Å². The van der Waals surface area contributed by atoms with Crippen LogP contribution < -0.4 is 0 Å². The Morgan fingerprint density at radius 1 is 1.35 bits per heavy atom. The maximum Gasteiger partial charge on any atom is 0.185 e. The van der Waals surface area contributed by atoms with Crippen LogP contribution in [-0.2, 0) is 0 Å². The van der Waals surface area contributed by atoms with Gasteiger partial charge in [0, 0.05) is 14.5 Å². The van der Waals surface area contributed by atoms with Gasteiger partial charge in [0.2, 0.25) is 0 Å². The van der Waals surface area contributed by atoms with Crippen molar-refractivity contribution < 1.29 is 9.21 Å². The summed E-state index contributed by atoms with van der Waals surface area (Å²) in [6.45, 7) is 1.92. The van der Waals surface area contributed by atoms with Crippen molar-refractivity contribution in [3.63, 3.8) is 0 Å². The molecule has 0 saturated carbocycles. The molecule has 17 heavy (non-hydrogen) atoms. The lowest BCUT2D eigenvalue weighted by atomic mass is 10.1. The summed E-state index contributed by atoms with van der Waals surface area (Å²) in [5.74, 6) is 0.878. The molecule has 0 fully saturated rings. The first-order valence-corrected chi connectivity index (χ1v) is 6.70. The van der Waals surface area contributed by atoms with Crippen LogP contribution in [0.25, 0.3) is 11.3 Å². The van der Waals surface area contributed by atoms with Gasteiger partial charge in [-0.2, -0.15) is 0 Å². The summed E-state index contributed by atoms with van der Waals surface area (Å²) >= 11 is 13.1. The summed E-state index contributed by atoms with van der Waals surface area (Å²) in [5.41, 5.74) is 1.75. The van der Waals surface area contributed by atoms with Crippen molar-refractivity contribution in [2.75, 3.05) is 0 Å². The molecule has 2 aromatic rings. The summed E-state index contributed by atoms with van der Waals surface area (Å²) in [7, 11) is 0. The average Bonchev–Trinajstić information content (AvgIpc) is 2.74. The van der Waals surface area contributed by atoms with Crippen molar-refractivity contribution in [1.29, 1.82) is 0 Å².